The van der Waals surface area contributed by atoms with Gasteiger partial charge in [-0.2, -0.15) is 0 Å². The van der Waals surface area contributed by atoms with Gasteiger partial charge in [0.05, 0.1) is 6.61 Å². The first kappa shape index (κ1) is 17.3. The number of nitrogens with zero attached hydrogens (tertiary/aromatic N) is 1. The smallest absolute Gasteiger partial charge is 0.191 e. The average molecular weight is 316 g/mol. The van der Waals surface area contributed by atoms with Crippen molar-refractivity contribution in [2.24, 2.45) is 4.99 Å². The van der Waals surface area contributed by atoms with Gasteiger partial charge in [-0.3, -0.25) is 4.99 Å². The third kappa shape index (κ3) is 4.73. The van der Waals surface area contributed by atoms with Crippen LogP contribution in [-0.2, 0) is 11.2 Å². The van der Waals surface area contributed by atoms with E-state index >= 15 is 0 Å². The zero-order chi connectivity index (χ0) is 16.7. The number of aromatic amines is 1. The Morgan fingerprint density at radius 3 is 2.96 bits per heavy atom. The van der Waals surface area contributed by atoms with Gasteiger partial charge in [0.1, 0.15) is 0 Å². The highest BCUT2D eigenvalue weighted by molar-refractivity contribution is 5.86. The molecule has 0 spiro atoms. The number of rotatable bonds is 7. The van der Waals surface area contributed by atoms with Crippen LogP contribution in [0.5, 0.6) is 0 Å². The summed E-state index contributed by atoms with van der Waals surface area (Å²) in [5.41, 5.74) is 3.82. The topological polar surface area (TPSA) is 61.4 Å². The molecule has 1 aromatic carbocycles. The first-order chi connectivity index (χ1) is 11.2. The maximum absolute atomic E-state index is 5.16. The average Bonchev–Trinajstić information content (AvgIpc) is 2.92. The Labute approximate surface area is 138 Å². The van der Waals surface area contributed by atoms with E-state index in [1.165, 1.54) is 22.0 Å². The van der Waals surface area contributed by atoms with Crippen LogP contribution in [0.4, 0.5) is 0 Å². The molecule has 1 atom stereocenters. The lowest BCUT2D eigenvalue weighted by Crippen LogP contribution is -2.44. The summed E-state index contributed by atoms with van der Waals surface area (Å²) in [6, 6.07) is 6.64. The molecule has 126 valence electrons. The number of hydrogen-bond acceptors (Lipinski definition) is 2. The van der Waals surface area contributed by atoms with Gasteiger partial charge in [-0.05, 0) is 38.3 Å². The van der Waals surface area contributed by atoms with Crippen LogP contribution in [0.3, 0.4) is 0 Å². The van der Waals surface area contributed by atoms with Crippen molar-refractivity contribution in [3.8, 4) is 0 Å². The van der Waals surface area contributed by atoms with Gasteiger partial charge in [0.25, 0.3) is 0 Å². The van der Waals surface area contributed by atoms with Crippen molar-refractivity contribution >= 4 is 16.9 Å². The first-order valence-corrected chi connectivity index (χ1v) is 8.25. The van der Waals surface area contributed by atoms with Gasteiger partial charge in [0, 0.05) is 43.3 Å². The molecule has 5 nitrogen and oxygen atoms in total. The molecule has 0 aliphatic carbocycles. The van der Waals surface area contributed by atoms with Crippen LogP contribution < -0.4 is 10.6 Å². The summed E-state index contributed by atoms with van der Waals surface area (Å²) in [4.78, 5) is 8.04. The highest BCUT2D eigenvalue weighted by Crippen LogP contribution is 2.21. The van der Waals surface area contributed by atoms with Crippen molar-refractivity contribution in [3.63, 3.8) is 0 Å². The molecule has 1 aromatic heterocycles. The Morgan fingerprint density at radius 2 is 2.22 bits per heavy atom. The molecule has 0 bridgehead atoms. The number of aliphatic imine (C=N–C) groups is 1. The quantitative estimate of drug-likeness (QED) is 0.543. The summed E-state index contributed by atoms with van der Waals surface area (Å²) in [5.74, 6) is 0.841. The van der Waals surface area contributed by atoms with Gasteiger partial charge in [-0.1, -0.05) is 18.2 Å². The summed E-state index contributed by atoms with van der Waals surface area (Å²) in [7, 11) is 1.71. The summed E-state index contributed by atoms with van der Waals surface area (Å²) >= 11 is 0. The second kappa shape index (κ2) is 8.58. The zero-order valence-corrected chi connectivity index (χ0v) is 14.6. The van der Waals surface area contributed by atoms with E-state index in [9.17, 15) is 0 Å². The Kier molecular flexibility index (Phi) is 6.47. The minimum absolute atomic E-state index is 0.230. The Bertz CT molecular complexity index is 648. The summed E-state index contributed by atoms with van der Waals surface area (Å²) in [6.45, 7) is 8.53. The maximum atomic E-state index is 5.16. The Morgan fingerprint density at radius 1 is 1.39 bits per heavy atom. The third-order valence-electron chi connectivity index (χ3n) is 3.80. The van der Waals surface area contributed by atoms with Crippen LogP contribution in [0.25, 0.3) is 10.9 Å². The Hall–Kier alpha value is -2.01. The molecular formula is C18H28N4O. The molecule has 2 rings (SSSR count). The van der Waals surface area contributed by atoms with Crippen LogP contribution in [0.15, 0.2) is 29.4 Å². The number of aromatic nitrogens is 1. The first-order valence-electron chi connectivity index (χ1n) is 8.25. The number of hydrogen-bond donors (Lipinski definition) is 3. The standard InChI is InChI=1S/C18H28N4O/c1-5-19-18(22-14(3)12-23-4)20-10-9-15-11-21-17-13(2)7-6-8-16(15)17/h6-8,11,14,21H,5,9-10,12H2,1-4H3,(H2,19,20,22). The molecule has 0 saturated carbocycles. The molecular weight excluding hydrogens is 288 g/mol. The molecule has 0 saturated heterocycles. The van der Waals surface area contributed by atoms with E-state index in [4.69, 9.17) is 4.74 Å². The number of nitrogens with one attached hydrogen (secondary N) is 3. The SMILES string of the molecule is CCNC(=NCCc1c[nH]c2c(C)cccc12)NC(C)COC. The van der Waals surface area contributed by atoms with Gasteiger partial charge in [-0.15, -0.1) is 0 Å². The normalized spacial score (nSPS) is 13.3. The van der Waals surface area contributed by atoms with E-state index in [0.717, 1.165) is 25.5 Å². The van der Waals surface area contributed by atoms with Crippen LogP contribution in [0.1, 0.15) is 25.0 Å². The number of guanidine groups is 1. The number of fused-ring (bicyclic) bond motifs is 1. The van der Waals surface area contributed by atoms with E-state index in [0.29, 0.717) is 6.61 Å². The number of methoxy groups -OCH3 is 1. The molecule has 0 fully saturated rings. The molecule has 1 heterocycles. The fourth-order valence-corrected chi connectivity index (χ4v) is 2.70. The fourth-order valence-electron chi connectivity index (χ4n) is 2.70. The summed E-state index contributed by atoms with van der Waals surface area (Å²) in [5, 5.41) is 7.92. The second-order valence-electron chi connectivity index (χ2n) is 5.82. The van der Waals surface area contributed by atoms with Crippen LogP contribution in [0.2, 0.25) is 0 Å². The molecule has 0 aliphatic rings. The Balaban J connectivity index is 2.00. The summed E-state index contributed by atoms with van der Waals surface area (Å²) in [6.07, 6.45) is 3.01. The number of H-pyrrole nitrogens is 1. The predicted molar refractivity (Wildman–Crippen MR) is 97.2 cm³/mol. The number of para-hydroxylation sites is 1. The summed E-state index contributed by atoms with van der Waals surface area (Å²) < 4.78 is 5.16. The minimum atomic E-state index is 0.230. The highest BCUT2D eigenvalue weighted by atomic mass is 16.5. The van der Waals surface area contributed by atoms with E-state index < -0.39 is 0 Å². The van der Waals surface area contributed by atoms with Crippen LogP contribution in [0, 0.1) is 6.92 Å². The monoisotopic (exact) mass is 316 g/mol. The lowest BCUT2D eigenvalue weighted by atomic mass is 10.1. The molecule has 2 aromatic rings. The van der Waals surface area contributed by atoms with Crippen LogP contribution in [-0.4, -0.2) is 43.8 Å². The van der Waals surface area contributed by atoms with Gasteiger partial charge in [0.15, 0.2) is 5.96 Å². The highest BCUT2D eigenvalue weighted by Gasteiger charge is 2.06. The van der Waals surface area contributed by atoms with E-state index in [1.807, 2.05) is 0 Å². The van der Waals surface area contributed by atoms with Crippen molar-refractivity contribution in [1.29, 1.82) is 0 Å². The van der Waals surface area contributed by atoms with Crippen molar-refractivity contribution in [2.45, 2.75) is 33.2 Å². The van der Waals surface area contributed by atoms with Gasteiger partial charge in [0.2, 0.25) is 0 Å². The maximum Gasteiger partial charge on any atom is 0.191 e. The molecule has 5 heteroatoms. The van der Waals surface area contributed by atoms with E-state index in [1.54, 1.807) is 7.11 Å². The second-order valence-corrected chi connectivity index (χ2v) is 5.82. The number of ether oxygens (including phenoxy) is 1. The predicted octanol–water partition coefficient (Wildman–Crippen LogP) is 2.61. The van der Waals surface area contributed by atoms with Crippen molar-refractivity contribution in [3.05, 3.63) is 35.5 Å². The fraction of sp³-hybridized carbons (Fsp3) is 0.500. The molecule has 1 unspecified atom stereocenters. The molecule has 3 N–H and O–H groups in total. The van der Waals surface area contributed by atoms with Crippen molar-refractivity contribution < 1.29 is 4.74 Å². The largest absolute Gasteiger partial charge is 0.383 e. The van der Waals surface area contributed by atoms with Gasteiger partial charge in [-0.25, -0.2) is 0 Å². The van der Waals surface area contributed by atoms with E-state index in [2.05, 4.69) is 65.8 Å². The number of aryl methyl sites for hydroxylation is 1. The van der Waals surface area contributed by atoms with Crippen molar-refractivity contribution in [1.82, 2.24) is 15.6 Å². The van der Waals surface area contributed by atoms with Crippen LogP contribution >= 0.6 is 0 Å². The molecule has 0 amide bonds. The molecule has 0 aliphatic heterocycles. The zero-order valence-electron chi connectivity index (χ0n) is 14.6. The lowest BCUT2D eigenvalue weighted by molar-refractivity contribution is 0.179. The van der Waals surface area contributed by atoms with Crippen molar-refractivity contribution in [2.75, 3.05) is 26.8 Å². The van der Waals surface area contributed by atoms with Gasteiger partial charge < -0.3 is 20.4 Å². The number of benzene rings is 1. The minimum Gasteiger partial charge on any atom is -0.383 e. The molecule has 23 heavy (non-hydrogen) atoms. The molecule has 0 radical (unpaired) electrons. The third-order valence-corrected chi connectivity index (χ3v) is 3.80. The lowest BCUT2D eigenvalue weighted by Gasteiger charge is -2.16. The van der Waals surface area contributed by atoms with Gasteiger partial charge >= 0.3 is 0 Å². The van der Waals surface area contributed by atoms with E-state index in [-0.39, 0.29) is 6.04 Å².